The van der Waals surface area contributed by atoms with Crippen molar-refractivity contribution in [2.75, 3.05) is 43.5 Å². The van der Waals surface area contributed by atoms with Gasteiger partial charge in [-0.15, -0.1) is 0 Å². The number of methoxy groups -OCH3 is 1. The van der Waals surface area contributed by atoms with Gasteiger partial charge in [-0.3, -0.25) is 39.3 Å². The van der Waals surface area contributed by atoms with Crippen molar-refractivity contribution in [3.05, 3.63) is 112 Å². The number of benzene rings is 3. The molecule has 3 N–H and O–H groups in total. The molecular formula is C39H39FN8O6. The van der Waals surface area contributed by atoms with Crippen LogP contribution in [-0.4, -0.2) is 93.8 Å². The van der Waals surface area contributed by atoms with Gasteiger partial charge in [-0.25, -0.2) is 4.39 Å². The summed E-state index contributed by atoms with van der Waals surface area (Å²) in [6, 6.07) is 19.1. The lowest BCUT2D eigenvalue weighted by Gasteiger charge is -2.36. The van der Waals surface area contributed by atoms with Crippen LogP contribution in [0, 0.1) is 5.82 Å². The summed E-state index contributed by atoms with van der Waals surface area (Å²) in [6.45, 7) is 3.75. The number of H-pyrrole nitrogens is 1. The summed E-state index contributed by atoms with van der Waals surface area (Å²) in [5, 5.41) is 12.4. The van der Waals surface area contributed by atoms with Gasteiger partial charge in [0.05, 0.1) is 25.3 Å². The number of hydrogen-bond donors (Lipinski definition) is 3. The first kappa shape index (κ1) is 35.1. The molecule has 4 aliphatic heterocycles. The van der Waals surface area contributed by atoms with Gasteiger partial charge in [0.1, 0.15) is 11.9 Å². The Balaban J connectivity index is 0.840. The number of hydrogen-bond acceptors (Lipinski definition) is 9. The van der Waals surface area contributed by atoms with Crippen LogP contribution in [0.15, 0.2) is 66.7 Å². The molecule has 2 fully saturated rings. The smallest absolute Gasteiger partial charge is 0.256 e. The number of rotatable bonds is 9. The molecule has 0 saturated carbocycles. The van der Waals surface area contributed by atoms with Gasteiger partial charge in [-0.2, -0.15) is 5.10 Å². The van der Waals surface area contributed by atoms with Crippen molar-refractivity contribution in [2.24, 2.45) is 0 Å². The summed E-state index contributed by atoms with van der Waals surface area (Å²) in [7, 11) is 1.51. The van der Waals surface area contributed by atoms with E-state index in [-0.39, 0.29) is 48.2 Å². The number of amides is 5. The molecule has 14 nitrogen and oxygen atoms in total. The van der Waals surface area contributed by atoms with Gasteiger partial charge in [0, 0.05) is 79.8 Å². The molecule has 278 valence electrons. The van der Waals surface area contributed by atoms with Crippen LogP contribution >= 0.6 is 0 Å². The fourth-order valence-electron chi connectivity index (χ4n) is 7.76. The van der Waals surface area contributed by atoms with Gasteiger partial charge in [0.15, 0.2) is 11.9 Å². The molecule has 1 aromatic heterocycles. The molecule has 1 unspecified atom stereocenters. The fourth-order valence-corrected chi connectivity index (χ4v) is 7.76. The molecule has 0 bridgehead atoms. The summed E-state index contributed by atoms with van der Waals surface area (Å²) < 4.78 is 21.3. The number of aromatic amines is 1. The number of carbonyl (C=O) groups is 5. The van der Waals surface area contributed by atoms with Crippen molar-refractivity contribution in [3.8, 4) is 0 Å². The molecule has 5 amide bonds. The Morgan fingerprint density at radius 1 is 0.944 bits per heavy atom. The van der Waals surface area contributed by atoms with Gasteiger partial charge in [0.2, 0.25) is 11.8 Å². The Morgan fingerprint density at radius 2 is 1.70 bits per heavy atom. The maximum Gasteiger partial charge on any atom is 0.256 e. The van der Waals surface area contributed by atoms with E-state index in [0.717, 1.165) is 22.5 Å². The van der Waals surface area contributed by atoms with Crippen molar-refractivity contribution in [1.29, 1.82) is 0 Å². The number of imide groups is 1. The van der Waals surface area contributed by atoms with E-state index in [1.807, 2.05) is 42.5 Å². The molecule has 4 aliphatic rings. The monoisotopic (exact) mass is 734 g/mol. The molecule has 4 aromatic rings. The van der Waals surface area contributed by atoms with Crippen molar-refractivity contribution in [2.45, 2.75) is 51.2 Å². The van der Waals surface area contributed by atoms with Crippen LogP contribution < -0.4 is 15.5 Å². The number of piperazine rings is 1. The number of piperidine rings is 1. The van der Waals surface area contributed by atoms with Gasteiger partial charge >= 0.3 is 0 Å². The van der Waals surface area contributed by atoms with E-state index >= 15 is 4.39 Å². The summed E-state index contributed by atoms with van der Waals surface area (Å²) in [4.78, 5) is 71.0. The first-order chi connectivity index (χ1) is 26.2. The zero-order valence-corrected chi connectivity index (χ0v) is 29.6. The highest BCUT2D eigenvalue weighted by Crippen LogP contribution is 2.33. The minimum absolute atomic E-state index is 0.00409. The number of halogens is 1. The first-order valence-electron chi connectivity index (χ1n) is 17.9. The minimum Gasteiger partial charge on any atom is -0.369 e. The SMILES string of the molecule is CO[C@@H](C(=O)N1Cc2[nH]nc(NC(=O)c3ccc(N4CCN(Cc5ccc6c(c5F)CN(C5CCC(=O)NC5=O)C6=O)CC4)cc3)c2C1)c1ccccc1. The molecule has 5 heterocycles. The van der Waals surface area contributed by atoms with Gasteiger partial charge in [-0.1, -0.05) is 36.4 Å². The minimum atomic E-state index is -0.793. The zero-order valence-electron chi connectivity index (χ0n) is 29.6. The number of ether oxygens (including phenoxy) is 1. The Labute approximate surface area is 310 Å². The highest BCUT2D eigenvalue weighted by Gasteiger charge is 2.41. The van der Waals surface area contributed by atoms with Crippen molar-refractivity contribution in [1.82, 2.24) is 30.2 Å². The lowest BCUT2D eigenvalue weighted by Crippen LogP contribution is -2.52. The van der Waals surface area contributed by atoms with E-state index in [1.165, 1.54) is 12.0 Å². The van der Waals surface area contributed by atoms with Crippen molar-refractivity contribution < 1.29 is 33.1 Å². The van der Waals surface area contributed by atoms with E-state index in [1.54, 1.807) is 29.2 Å². The largest absolute Gasteiger partial charge is 0.369 e. The first-order valence-corrected chi connectivity index (χ1v) is 17.9. The Morgan fingerprint density at radius 3 is 2.43 bits per heavy atom. The van der Waals surface area contributed by atoms with Gasteiger partial charge in [0.25, 0.3) is 17.7 Å². The lowest BCUT2D eigenvalue weighted by atomic mass is 10.0. The number of fused-ring (bicyclic) bond motifs is 2. The third-order valence-corrected chi connectivity index (χ3v) is 10.7. The maximum absolute atomic E-state index is 15.8. The van der Waals surface area contributed by atoms with Crippen molar-refractivity contribution in [3.63, 3.8) is 0 Å². The van der Waals surface area contributed by atoms with Crippen molar-refractivity contribution >= 4 is 41.0 Å². The maximum atomic E-state index is 15.8. The summed E-state index contributed by atoms with van der Waals surface area (Å²) in [5.74, 6) is -1.82. The third kappa shape index (κ3) is 6.60. The van der Waals surface area contributed by atoms with Crippen LogP contribution in [0.2, 0.25) is 0 Å². The van der Waals surface area contributed by atoms with E-state index < -0.39 is 29.8 Å². The van der Waals surface area contributed by atoms with E-state index in [2.05, 4.69) is 30.6 Å². The number of nitrogens with zero attached hydrogens (tertiary/aromatic N) is 5. The summed E-state index contributed by atoms with van der Waals surface area (Å²) in [6.07, 6.45) is -0.369. The number of nitrogens with one attached hydrogen (secondary N) is 3. The van der Waals surface area contributed by atoms with E-state index in [9.17, 15) is 24.0 Å². The predicted octanol–water partition coefficient (Wildman–Crippen LogP) is 3.11. The normalized spacial score (nSPS) is 19.1. The van der Waals surface area contributed by atoms with Crippen LogP contribution in [0.1, 0.15) is 67.6 Å². The second kappa shape index (κ2) is 14.5. The zero-order chi connectivity index (χ0) is 37.5. The molecule has 0 radical (unpaired) electrons. The quantitative estimate of drug-likeness (QED) is 0.220. The average Bonchev–Trinajstić information content (AvgIpc) is 3.88. The molecule has 2 saturated heterocycles. The van der Waals surface area contributed by atoms with Crippen LogP contribution in [0.3, 0.4) is 0 Å². The second-order valence-corrected chi connectivity index (χ2v) is 14.0. The topological polar surface area (TPSA) is 160 Å². The number of carbonyl (C=O) groups excluding carboxylic acids is 5. The predicted molar refractivity (Wildman–Crippen MR) is 193 cm³/mol. The Bertz CT molecular complexity index is 2130. The molecule has 15 heteroatoms. The average molecular weight is 735 g/mol. The summed E-state index contributed by atoms with van der Waals surface area (Å²) in [5.41, 5.74) is 4.76. The molecule has 2 atom stereocenters. The van der Waals surface area contributed by atoms with E-state index in [4.69, 9.17) is 4.74 Å². The fraction of sp³-hybridized carbons (Fsp3) is 0.333. The van der Waals surface area contributed by atoms with Crippen LogP contribution in [0.4, 0.5) is 15.9 Å². The van der Waals surface area contributed by atoms with Gasteiger partial charge < -0.3 is 24.8 Å². The lowest BCUT2D eigenvalue weighted by molar-refractivity contribution is -0.143. The third-order valence-electron chi connectivity index (χ3n) is 10.7. The molecule has 0 aliphatic carbocycles. The number of aromatic nitrogens is 2. The van der Waals surface area contributed by atoms with E-state index in [0.29, 0.717) is 62.8 Å². The standard InChI is InChI=1S/C39H39FN8O6/c1-54-34(23-5-3-2-4-6-23)39(53)47-20-29-30(22-47)43-44-35(29)42-36(50)24-7-10-26(11-8-24)46-17-15-45(16-18-46)19-25-9-12-27-28(33(25)40)21-48(38(27)52)31-13-14-32(49)41-37(31)51/h2-12,31,34H,13-22H2,1H3,(H,41,49,51)(H2,42,43,44,50)/t31?,34-/m1/s1. The Hall–Kier alpha value is -5.93. The highest BCUT2D eigenvalue weighted by atomic mass is 19.1. The Kier molecular flexibility index (Phi) is 9.42. The van der Waals surface area contributed by atoms with Crippen LogP contribution in [0.5, 0.6) is 0 Å². The summed E-state index contributed by atoms with van der Waals surface area (Å²) >= 11 is 0. The van der Waals surface area contributed by atoms with Crippen LogP contribution in [-0.2, 0) is 45.3 Å². The molecule has 3 aromatic carbocycles. The molecule has 0 spiro atoms. The second-order valence-electron chi connectivity index (χ2n) is 14.0. The van der Waals surface area contributed by atoms with Gasteiger partial charge in [-0.05, 0) is 42.3 Å². The number of anilines is 2. The van der Waals surface area contributed by atoms with Crippen LogP contribution in [0.25, 0.3) is 0 Å². The molecule has 54 heavy (non-hydrogen) atoms. The molecule has 8 rings (SSSR count). The molecular weight excluding hydrogens is 695 g/mol. The highest BCUT2D eigenvalue weighted by molar-refractivity contribution is 6.06.